The molecule has 0 radical (unpaired) electrons. The molecule has 0 atom stereocenters. The molecule has 0 saturated carbocycles. The third-order valence-electron chi connectivity index (χ3n) is 4.68. The van der Waals surface area contributed by atoms with Crippen LogP contribution in [0.15, 0.2) is 90.0 Å². The Hall–Kier alpha value is -4.19. The molecule has 1 heterocycles. The van der Waals surface area contributed by atoms with Crippen LogP contribution in [0.1, 0.15) is 27.2 Å². The summed E-state index contributed by atoms with van der Waals surface area (Å²) in [6.07, 6.45) is 1.59. The third kappa shape index (κ3) is 5.25. The molecule has 31 heavy (non-hydrogen) atoms. The van der Waals surface area contributed by atoms with E-state index in [0.29, 0.717) is 23.7 Å². The largest absolute Gasteiger partial charge is 0.488 e. The van der Waals surface area contributed by atoms with Gasteiger partial charge < -0.3 is 4.74 Å². The van der Waals surface area contributed by atoms with Crippen LogP contribution in [0.3, 0.4) is 0 Å². The zero-order chi connectivity index (χ0) is 21.5. The van der Waals surface area contributed by atoms with E-state index in [0.717, 1.165) is 16.7 Å². The van der Waals surface area contributed by atoms with Crippen LogP contribution >= 0.6 is 0 Å². The Morgan fingerprint density at radius 3 is 2.58 bits per heavy atom. The van der Waals surface area contributed by atoms with E-state index in [4.69, 9.17) is 4.74 Å². The van der Waals surface area contributed by atoms with Crippen LogP contribution in [0.5, 0.6) is 5.75 Å². The molecule has 3 aromatic carbocycles. The average molecular weight is 410 g/mol. The number of hydrogen-bond donors (Lipinski definition) is 2. The number of H-pyrrole nitrogens is 1. The van der Waals surface area contributed by atoms with Crippen LogP contribution in [-0.4, -0.2) is 22.3 Å². The number of ether oxygens (including phenoxy) is 1. The summed E-state index contributed by atoms with van der Waals surface area (Å²) in [4.78, 5) is 12.4. The lowest BCUT2D eigenvalue weighted by molar-refractivity contribution is 0.0950. The number of aryl methyl sites for hydroxylation is 1. The highest BCUT2D eigenvalue weighted by Gasteiger charge is 2.13. The first-order valence-corrected chi connectivity index (χ1v) is 9.90. The fourth-order valence-corrected chi connectivity index (χ4v) is 2.99. The number of nitrogens with one attached hydrogen (secondary N) is 2. The molecule has 0 saturated heterocycles. The summed E-state index contributed by atoms with van der Waals surface area (Å²) in [6.45, 7) is 2.50. The minimum Gasteiger partial charge on any atom is -0.488 e. The van der Waals surface area contributed by atoms with Gasteiger partial charge >= 0.3 is 0 Å². The van der Waals surface area contributed by atoms with Crippen LogP contribution in [0.4, 0.5) is 0 Å². The summed E-state index contributed by atoms with van der Waals surface area (Å²) in [6, 6.07) is 27.0. The van der Waals surface area contributed by atoms with Crippen molar-refractivity contribution in [3.05, 3.63) is 107 Å². The van der Waals surface area contributed by atoms with Gasteiger partial charge in [-0.3, -0.25) is 9.89 Å². The van der Waals surface area contributed by atoms with Crippen molar-refractivity contribution in [3.8, 4) is 17.0 Å². The molecule has 154 valence electrons. The molecule has 2 N–H and O–H groups in total. The summed E-state index contributed by atoms with van der Waals surface area (Å²) in [5.41, 5.74) is 7.43. The molecule has 4 rings (SSSR count). The Bertz CT molecular complexity index is 1180. The summed E-state index contributed by atoms with van der Waals surface area (Å²) in [5, 5.41) is 11.0. The SMILES string of the molecule is Cc1ccc(COc2ccccc2-c2cc(C(=O)N/N=C/c3ccccc3)[nH]n2)cc1. The highest BCUT2D eigenvalue weighted by Crippen LogP contribution is 2.29. The molecule has 6 heteroatoms. The fraction of sp³-hybridized carbons (Fsp3) is 0.0800. The number of para-hydroxylation sites is 1. The molecule has 0 aliphatic heterocycles. The second kappa shape index (κ2) is 9.54. The molecule has 0 fully saturated rings. The van der Waals surface area contributed by atoms with Gasteiger partial charge in [-0.2, -0.15) is 10.2 Å². The maximum Gasteiger partial charge on any atom is 0.289 e. The number of hydrogen-bond acceptors (Lipinski definition) is 4. The van der Waals surface area contributed by atoms with Crippen LogP contribution in [0.2, 0.25) is 0 Å². The molecule has 1 amide bonds. The normalized spacial score (nSPS) is 10.9. The lowest BCUT2D eigenvalue weighted by Gasteiger charge is -2.10. The molecule has 0 spiro atoms. The number of rotatable bonds is 7. The quantitative estimate of drug-likeness (QED) is 0.342. The lowest BCUT2D eigenvalue weighted by atomic mass is 10.1. The van der Waals surface area contributed by atoms with Crippen molar-refractivity contribution >= 4 is 12.1 Å². The third-order valence-corrected chi connectivity index (χ3v) is 4.68. The van der Waals surface area contributed by atoms with Crippen LogP contribution < -0.4 is 10.2 Å². The van der Waals surface area contributed by atoms with E-state index in [-0.39, 0.29) is 5.91 Å². The first kappa shape index (κ1) is 20.1. The van der Waals surface area contributed by atoms with Gasteiger partial charge in [0.15, 0.2) is 0 Å². The second-order valence-corrected chi connectivity index (χ2v) is 7.05. The van der Waals surface area contributed by atoms with Crippen molar-refractivity contribution in [2.75, 3.05) is 0 Å². The Morgan fingerprint density at radius 2 is 1.77 bits per heavy atom. The Kier molecular flexibility index (Phi) is 6.18. The zero-order valence-corrected chi connectivity index (χ0v) is 17.1. The highest BCUT2D eigenvalue weighted by atomic mass is 16.5. The minimum absolute atomic E-state index is 0.313. The van der Waals surface area contributed by atoms with Gasteiger partial charge in [0.25, 0.3) is 5.91 Å². The highest BCUT2D eigenvalue weighted by molar-refractivity contribution is 5.94. The summed E-state index contributed by atoms with van der Waals surface area (Å²) >= 11 is 0. The number of aromatic amines is 1. The van der Waals surface area contributed by atoms with E-state index in [9.17, 15) is 4.79 Å². The van der Waals surface area contributed by atoms with Crippen molar-refractivity contribution in [2.45, 2.75) is 13.5 Å². The molecule has 4 aromatic rings. The van der Waals surface area contributed by atoms with Crippen molar-refractivity contribution < 1.29 is 9.53 Å². The van der Waals surface area contributed by atoms with E-state index in [1.54, 1.807) is 12.3 Å². The molecule has 0 aliphatic rings. The van der Waals surface area contributed by atoms with Gasteiger partial charge in [0.05, 0.1) is 11.9 Å². The van der Waals surface area contributed by atoms with Crippen molar-refractivity contribution in [2.24, 2.45) is 5.10 Å². The predicted molar refractivity (Wildman–Crippen MR) is 121 cm³/mol. The van der Waals surface area contributed by atoms with E-state index in [1.807, 2.05) is 66.7 Å². The van der Waals surface area contributed by atoms with Gasteiger partial charge in [0.2, 0.25) is 0 Å². The fourth-order valence-electron chi connectivity index (χ4n) is 2.99. The van der Waals surface area contributed by atoms with Crippen LogP contribution in [-0.2, 0) is 6.61 Å². The maximum absolute atomic E-state index is 12.4. The topological polar surface area (TPSA) is 79.4 Å². The summed E-state index contributed by atoms with van der Waals surface area (Å²) in [5.74, 6) is 0.326. The number of benzene rings is 3. The van der Waals surface area contributed by atoms with Crippen molar-refractivity contribution in [1.82, 2.24) is 15.6 Å². The van der Waals surface area contributed by atoms with Crippen LogP contribution in [0.25, 0.3) is 11.3 Å². The molecule has 0 aliphatic carbocycles. The monoisotopic (exact) mass is 410 g/mol. The van der Waals surface area contributed by atoms with Gasteiger partial charge in [0.1, 0.15) is 18.1 Å². The predicted octanol–water partition coefficient (Wildman–Crippen LogP) is 4.73. The number of nitrogens with zero attached hydrogens (tertiary/aromatic N) is 2. The van der Waals surface area contributed by atoms with Gasteiger partial charge in [-0.1, -0.05) is 72.3 Å². The van der Waals surface area contributed by atoms with Gasteiger partial charge in [-0.25, -0.2) is 5.43 Å². The second-order valence-electron chi connectivity index (χ2n) is 7.05. The minimum atomic E-state index is -0.371. The summed E-state index contributed by atoms with van der Waals surface area (Å²) in [7, 11) is 0. The van der Waals surface area contributed by atoms with Gasteiger partial charge in [0, 0.05) is 5.56 Å². The average Bonchev–Trinajstić information content (AvgIpc) is 3.30. The molecule has 0 unspecified atom stereocenters. The van der Waals surface area contributed by atoms with Gasteiger partial charge in [-0.05, 0) is 36.2 Å². The summed E-state index contributed by atoms with van der Waals surface area (Å²) < 4.78 is 6.02. The van der Waals surface area contributed by atoms with Crippen molar-refractivity contribution in [1.29, 1.82) is 0 Å². The molecule has 1 aromatic heterocycles. The number of carbonyl (C=O) groups excluding carboxylic acids is 1. The smallest absolute Gasteiger partial charge is 0.289 e. The first-order valence-electron chi connectivity index (χ1n) is 9.90. The number of amides is 1. The molecule has 0 bridgehead atoms. The Balaban J connectivity index is 1.44. The van der Waals surface area contributed by atoms with Crippen molar-refractivity contribution in [3.63, 3.8) is 0 Å². The Morgan fingerprint density at radius 1 is 1.03 bits per heavy atom. The van der Waals surface area contributed by atoms with E-state index >= 15 is 0 Å². The number of carbonyl (C=O) groups is 1. The van der Waals surface area contributed by atoms with E-state index in [2.05, 4.69) is 39.8 Å². The van der Waals surface area contributed by atoms with E-state index < -0.39 is 0 Å². The lowest BCUT2D eigenvalue weighted by Crippen LogP contribution is -2.17. The van der Waals surface area contributed by atoms with E-state index in [1.165, 1.54) is 5.56 Å². The number of hydrazone groups is 1. The van der Waals surface area contributed by atoms with Crippen LogP contribution in [0, 0.1) is 6.92 Å². The van der Waals surface area contributed by atoms with Gasteiger partial charge in [-0.15, -0.1) is 0 Å². The maximum atomic E-state index is 12.4. The number of aromatic nitrogens is 2. The zero-order valence-electron chi connectivity index (χ0n) is 17.1. The standard InChI is InChI=1S/C25H22N4O2/c1-18-11-13-20(14-12-18)17-31-24-10-6-5-9-21(24)22-15-23(28-27-22)25(30)29-26-16-19-7-3-2-4-8-19/h2-16H,17H2,1H3,(H,27,28)(H,29,30)/b26-16+. The Labute approximate surface area is 180 Å². The molecular weight excluding hydrogens is 388 g/mol. The molecule has 6 nitrogen and oxygen atoms in total. The first-order chi connectivity index (χ1) is 15.2. The molecular formula is C25H22N4O2.